The minimum absolute atomic E-state index is 0.101. The van der Waals surface area contributed by atoms with Crippen molar-refractivity contribution >= 4 is 23.5 Å². The van der Waals surface area contributed by atoms with Crippen LogP contribution in [0.1, 0.15) is 30.3 Å². The second-order valence-electron chi connectivity index (χ2n) is 6.00. The number of hydrogen-bond donors (Lipinski definition) is 3. The highest BCUT2D eigenvalue weighted by molar-refractivity contribution is 6.03. The number of nitrogens with zero attached hydrogens (tertiary/aromatic N) is 2. The summed E-state index contributed by atoms with van der Waals surface area (Å²) in [4.78, 5) is 36.1. The second-order valence-corrected chi connectivity index (χ2v) is 6.00. The maximum atomic E-state index is 12.7. The monoisotopic (exact) mass is 336 g/mol. The molecule has 2 aliphatic rings. The summed E-state index contributed by atoms with van der Waals surface area (Å²) in [5.74, 6) is -3.51. The first-order chi connectivity index (χ1) is 11.5. The third-order valence-electron chi connectivity index (χ3n) is 4.65. The van der Waals surface area contributed by atoms with E-state index in [9.17, 15) is 19.5 Å². The maximum Gasteiger partial charge on any atom is 0.310 e. The molecule has 0 aliphatic carbocycles. The predicted molar refractivity (Wildman–Crippen MR) is 82.4 cm³/mol. The number of carboxylic acids is 1. The lowest BCUT2D eigenvalue weighted by atomic mass is 9.78. The van der Waals surface area contributed by atoms with Gasteiger partial charge < -0.3 is 20.5 Å². The zero-order chi connectivity index (χ0) is 17.4. The van der Waals surface area contributed by atoms with E-state index in [1.54, 1.807) is 6.20 Å². The number of rotatable bonds is 5. The van der Waals surface area contributed by atoms with Gasteiger partial charge in [0.25, 0.3) is 5.91 Å². The Morgan fingerprint density at radius 2 is 2.00 bits per heavy atom. The van der Waals surface area contributed by atoms with E-state index in [0.29, 0.717) is 19.4 Å². The van der Waals surface area contributed by atoms with E-state index in [4.69, 9.17) is 4.74 Å². The van der Waals surface area contributed by atoms with Crippen molar-refractivity contribution < 1.29 is 24.2 Å². The smallest absolute Gasteiger partial charge is 0.310 e. The lowest BCUT2D eigenvalue weighted by Crippen LogP contribution is -2.41. The zero-order valence-corrected chi connectivity index (χ0v) is 13.5. The van der Waals surface area contributed by atoms with Gasteiger partial charge in [0.05, 0.1) is 29.7 Å². The molecule has 3 N–H and O–H groups in total. The molecule has 2 saturated heterocycles. The highest BCUT2D eigenvalue weighted by Gasteiger charge is 2.55. The Kier molecular flexibility index (Phi) is 4.27. The van der Waals surface area contributed by atoms with Gasteiger partial charge in [0.2, 0.25) is 5.91 Å². The van der Waals surface area contributed by atoms with E-state index in [1.807, 2.05) is 6.92 Å². The number of fused-ring (bicyclic) bond motifs is 2. The van der Waals surface area contributed by atoms with Gasteiger partial charge in [-0.15, -0.1) is 0 Å². The van der Waals surface area contributed by atoms with Crippen LogP contribution in [0.15, 0.2) is 6.20 Å². The van der Waals surface area contributed by atoms with Crippen LogP contribution in [0.25, 0.3) is 0 Å². The molecule has 2 bridgehead atoms. The zero-order valence-electron chi connectivity index (χ0n) is 13.5. The number of aromatic nitrogens is 2. The molecular formula is C15H20N4O5. The van der Waals surface area contributed by atoms with Gasteiger partial charge in [-0.05, 0) is 19.8 Å². The Hall–Kier alpha value is -2.42. The van der Waals surface area contributed by atoms with Crippen LogP contribution < -0.4 is 10.6 Å². The quantitative estimate of drug-likeness (QED) is 0.700. The normalized spacial score (nSPS) is 27.9. The molecule has 3 heterocycles. The van der Waals surface area contributed by atoms with Crippen molar-refractivity contribution in [3.05, 3.63) is 11.9 Å². The summed E-state index contributed by atoms with van der Waals surface area (Å²) in [6, 6.07) is 0. The Morgan fingerprint density at radius 1 is 1.33 bits per heavy atom. The molecule has 3 rings (SSSR count). The van der Waals surface area contributed by atoms with Gasteiger partial charge in [-0.1, -0.05) is 0 Å². The fourth-order valence-corrected chi connectivity index (χ4v) is 3.50. The Morgan fingerprint density at radius 3 is 2.58 bits per heavy atom. The molecule has 0 spiro atoms. The van der Waals surface area contributed by atoms with Crippen LogP contribution in [0.3, 0.4) is 0 Å². The molecule has 0 radical (unpaired) electrons. The van der Waals surface area contributed by atoms with Crippen molar-refractivity contribution in [1.82, 2.24) is 15.1 Å². The van der Waals surface area contributed by atoms with Gasteiger partial charge in [-0.2, -0.15) is 5.10 Å². The Labute approximate surface area is 138 Å². The Bertz CT molecular complexity index is 685. The molecule has 1 aromatic heterocycles. The maximum absolute atomic E-state index is 12.7. The second kappa shape index (κ2) is 6.23. The molecule has 2 amide bonds. The van der Waals surface area contributed by atoms with Gasteiger partial charge in [-0.25, -0.2) is 0 Å². The molecule has 2 aliphatic heterocycles. The number of aliphatic carboxylic acids is 1. The molecule has 9 nitrogen and oxygen atoms in total. The number of nitrogens with one attached hydrogen (secondary N) is 2. The van der Waals surface area contributed by atoms with Gasteiger partial charge in [0.15, 0.2) is 5.69 Å². The van der Waals surface area contributed by atoms with Gasteiger partial charge in [-0.3, -0.25) is 19.1 Å². The topological polar surface area (TPSA) is 123 Å². The van der Waals surface area contributed by atoms with E-state index in [2.05, 4.69) is 15.7 Å². The van der Waals surface area contributed by atoms with Crippen LogP contribution in [-0.4, -0.2) is 51.9 Å². The lowest BCUT2D eigenvalue weighted by molar-refractivity contribution is -0.147. The number of carboxylic acid groups (broad SMARTS) is 1. The molecule has 0 saturated carbocycles. The van der Waals surface area contributed by atoms with Gasteiger partial charge in [0.1, 0.15) is 0 Å². The number of aryl methyl sites for hydroxylation is 1. The number of carbonyl (C=O) groups is 3. The number of hydrogen-bond acceptors (Lipinski definition) is 5. The van der Waals surface area contributed by atoms with Crippen molar-refractivity contribution in [3.63, 3.8) is 0 Å². The summed E-state index contributed by atoms with van der Waals surface area (Å²) in [6.07, 6.45) is 2.08. The number of amides is 2. The highest BCUT2D eigenvalue weighted by Crippen LogP contribution is 2.44. The summed E-state index contributed by atoms with van der Waals surface area (Å²) in [5, 5.41) is 18.7. The van der Waals surface area contributed by atoms with Crippen LogP contribution in [0, 0.1) is 11.8 Å². The van der Waals surface area contributed by atoms with Crippen LogP contribution >= 0.6 is 0 Å². The third-order valence-corrected chi connectivity index (χ3v) is 4.65. The molecule has 9 heteroatoms. The molecule has 2 fully saturated rings. The van der Waals surface area contributed by atoms with E-state index in [1.165, 1.54) is 11.7 Å². The minimum Gasteiger partial charge on any atom is -0.481 e. The summed E-state index contributed by atoms with van der Waals surface area (Å²) in [7, 11) is 1.48. The van der Waals surface area contributed by atoms with E-state index < -0.39 is 35.7 Å². The van der Waals surface area contributed by atoms with Crippen molar-refractivity contribution in [2.24, 2.45) is 11.8 Å². The van der Waals surface area contributed by atoms with Crippen molar-refractivity contribution in [3.8, 4) is 0 Å². The van der Waals surface area contributed by atoms with Crippen molar-refractivity contribution in [2.75, 3.05) is 12.4 Å². The first-order valence-corrected chi connectivity index (χ1v) is 7.95. The number of anilines is 1. The lowest BCUT2D eigenvalue weighted by Gasteiger charge is -2.23. The molecule has 1 aromatic rings. The first kappa shape index (κ1) is 16.4. The fourth-order valence-electron chi connectivity index (χ4n) is 3.50. The average Bonchev–Trinajstić information content (AvgIpc) is 3.27. The van der Waals surface area contributed by atoms with Crippen LogP contribution in [-0.2, 0) is 20.9 Å². The van der Waals surface area contributed by atoms with E-state index >= 15 is 0 Å². The molecule has 0 unspecified atom stereocenters. The summed E-state index contributed by atoms with van der Waals surface area (Å²) < 4.78 is 7.13. The van der Waals surface area contributed by atoms with Crippen LogP contribution in [0.5, 0.6) is 0 Å². The third kappa shape index (κ3) is 2.64. The van der Waals surface area contributed by atoms with Crippen LogP contribution in [0.4, 0.5) is 5.69 Å². The first-order valence-electron chi connectivity index (χ1n) is 7.95. The molecule has 24 heavy (non-hydrogen) atoms. The molecule has 130 valence electrons. The number of ether oxygens (including phenoxy) is 1. The molecule has 0 aromatic carbocycles. The largest absolute Gasteiger partial charge is 0.481 e. The van der Waals surface area contributed by atoms with E-state index in [-0.39, 0.29) is 17.5 Å². The molecular weight excluding hydrogens is 316 g/mol. The predicted octanol–water partition coefficient (Wildman–Crippen LogP) is 0.0793. The summed E-state index contributed by atoms with van der Waals surface area (Å²) in [6.45, 7) is 2.39. The van der Waals surface area contributed by atoms with Crippen molar-refractivity contribution in [2.45, 2.75) is 38.5 Å². The van der Waals surface area contributed by atoms with Gasteiger partial charge >= 0.3 is 5.97 Å². The standard InChI is InChI=1S/C15H20N4O5/c1-3-19-6-7(12(18-19)14(21)16-2)17-13(20)10-8-4-5-9(24-8)11(10)15(22)23/h6,8-11H,3-5H2,1-2H3,(H,16,21)(H,17,20)(H,22,23)/t8-,9+,10-,11+/m1/s1. The summed E-state index contributed by atoms with van der Waals surface area (Å²) in [5.41, 5.74) is 0.372. The fraction of sp³-hybridized carbons (Fsp3) is 0.600. The number of carbonyl (C=O) groups excluding carboxylic acids is 2. The SMILES string of the molecule is CCn1cc(NC(=O)[C@H]2[C@@H](C(=O)O)[C@@H]3CC[C@H]2O3)c(C(=O)NC)n1. The van der Waals surface area contributed by atoms with Crippen LogP contribution in [0.2, 0.25) is 0 Å². The summed E-state index contributed by atoms with van der Waals surface area (Å²) >= 11 is 0. The molecule has 4 atom stereocenters. The van der Waals surface area contributed by atoms with Gasteiger partial charge in [0, 0.05) is 19.8 Å². The van der Waals surface area contributed by atoms with Crippen molar-refractivity contribution in [1.29, 1.82) is 0 Å². The van der Waals surface area contributed by atoms with E-state index in [0.717, 1.165) is 0 Å². The Balaban J connectivity index is 1.83. The minimum atomic E-state index is -1.03. The average molecular weight is 336 g/mol. The highest BCUT2D eigenvalue weighted by atomic mass is 16.5.